The summed E-state index contributed by atoms with van der Waals surface area (Å²) in [4.78, 5) is 0. The molecule has 0 amide bonds. The van der Waals surface area contributed by atoms with Gasteiger partial charge in [0.15, 0.2) is 0 Å². The SMILES string of the molecule is N#CCC[C@@H]1CCCO1. The van der Waals surface area contributed by atoms with Crippen LogP contribution in [-0.2, 0) is 4.74 Å². The fraction of sp³-hybridized carbons (Fsp3) is 0.857. The van der Waals surface area contributed by atoms with E-state index in [9.17, 15) is 0 Å². The monoisotopic (exact) mass is 125 g/mol. The van der Waals surface area contributed by atoms with Crippen molar-refractivity contribution in [2.75, 3.05) is 6.61 Å². The van der Waals surface area contributed by atoms with Crippen LogP contribution in [0.3, 0.4) is 0 Å². The van der Waals surface area contributed by atoms with Crippen molar-refractivity contribution in [3.05, 3.63) is 0 Å². The third-order valence-electron chi connectivity index (χ3n) is 1.60. The zero-order valence-corrected chi connectivity index (χ0v) is 5.47. The summed E-state index contributed by atoms with van der Waals surface area (Å²) < 4.78 is 5.30. The Balaban J connectivity index is 2.06. The topological polar surface area (TPSA) is 33.0 Å². The summed E-state index contributed by atoms with van der Waals surface area (Å²) >= 11 is 0. The van der Waals surface area contributed by atoms with Crippen LogP contribution in [0.25, 0.3) is 0 Å². The molecule has 0 saturated carbocycles. The van der Waals surface area contributed by atoms with Crippen molar-refractivity contribution < 1.29 is 4.74 Å². The summed E-state index contributed by atoms with van der Waals surface area (Å²) in [5.74, 6) is 0. The Labute approximate surface area is 55.4 Å². The minimum Gasteiger partial charge on any atom is -0.378 e. The van der Waals surface area contributed by atoms with E-state index in [0.29, 0.717) is 12.5 Å². The molecule has 1 aliphatic heterocycles. The number of ether oxygens (including phenoxy) is 1. The Morgan fingerprint density at radius 3 is 3.11 bits per heavy atom. The van der Waals surface area contributed by atoms with E-state index in [4.69, 9.17) is 10.00 Å². The molecule has 1 saturated heterocycles. The van der Waals surface area contributed by atoms with Crippen molar-refractivity contribution in [1.82, 2.24) is 0 Å². The van der Waals surface area contributed by atoms with Crippen molar-refractivity contribution in [2.45, 2.75) is 31.8 Å². The van der Waals surface area contributed by atoms with Crippen LogP contribution in [-0.4, -0.2) is 12.7 Å². The molecule has 50 valence electrons. The molecule has 0 unspecified atom stereocenters. The first kappa shape index (κ1) is 6.57. The van der Waals surface area contributed by atoms with Crippen LogP contribution in [0.15, 0.2) is 0 Å². The number of nitrogens with zero attached hydrogens (tertiary/aromatic N) is 1. The smallest absolute Gasteiger partial charge is 0.0622 e. The van der Waals surface area contributed by atoms with Crippen molar-refractivity contribution in [1.29, 1.82) is 5.26 Å². The van der Waals surface area contributed by atoms with Crippen LogP contribution in [0.2, 0.25) is 0 Å². The predicted octanol–water partition coefficient (Wildman–Crippen LogP) is 1.47. The van der Waals surface area contributed by atoms with Gasteiger partial charge in [0.25, 0.3) is 0 Å². The number of hydrogen-bond acceptors (Lipinski definition) is 2. The molecule has 2 heteroatoms. The standard InChI is InChI=1S/C7H11NO/c8-5-1-3-7-4-2-6-9-7/h7H,1-4,6H2/t7-/m1/s1. The van der Waals surface area contributed by atoms with Crippen LogP contribution in [0.4, 0.5) is 0 Å². The van der Waals surface area contributed by atoms with E-state index in [0.717, 1.165) is 19.4 Å². The Morgan fingerprint density at radius 1 is 1.67 bits per heavy atom. The zero-order valence-electron chi connectivity index (χ0n) is 5.47. The highest BCUT2D eigenvalue weighted by Crippen LogP contribution is 2.15. The van der Waals surface area contributed by atoms with E-state index in [-0.39, 0.29) is 0 Å². The minimum absolute atomic E-state index is 0.393. The van der Waals surface area contributed by atoms with Gasteiger partial charge in [-0.1, -0.05) is 0 Å². The highest BCUT2D eigenvalue weighted by Gasteiger charge is 2.13. The molecule has 1 rings (SSSR count). The first-order valence-electron chi connectivity index (χ1n) is 3.42. The van der Waals surface area contributed by atoms with Crippen molar-refractivity contribution in [3.8, 4) is 6.07 Å². The first-order valence-corrected chi connectivity index (χ1v) is 3.42. The molecule has 0 spiro atoms. The molecular weight excluding hydrogens is 114 g/mol. The molecule has 1 fully saturated rings. The summed E-state index contributed by atoms with van der Waals surface area (Å²) in [6, 6.07) is 2.11. The summed E-state index contributed by atoms with van der Waals surface area (Å²) in [5, 5.41) is 8.22. The molecule has 0 N–H and O–H groups in total. The Bertz CT molecular complexity index is 111. The van der Waals surface area contributed by atoms with Gasteiger partial charge in [0.1, 0.15) is 0 Å². The lowest BCUT2D eigenvalue weighted by Gasteiger charge is -2.03. The van der Waals surface area contributed by atoms with Gasteiger partial charge >= 0.3 is 0 Å². The normalized spacial score (nSPS) is 25.9. The van der Waals surface area contributed by atoms with Gasteiger partial charge in [-0.25, -0.2) is 0 Å². The molecule has 0 aromatic rings. The lowest BCUT2D eigenvalue weighted by atomic mass is 10.1. The third-order valence-corrected chi connectivity index (χ3v) is 1.60. The van der Waals surface area contributed by atoms with E-state index >= 15 is 0 Å². The Hall–Kier alpha value is -0.550. The van der Waals surface area contributed by atoms with Gasteiger partial charge in [-0.05, 0) is 19.3 Å². The molecule has 0 aliphatic carbocycles. The third kappa shape index (κ3) is 2.03. The molecule has 9 heavy (non-hydrogen) atoms. The van der Waals surface area contributed by atoms with E-state index in [1.54, 1.807) is 0 Å². The van der Waals surface area contributed by atoms with Gasteiger partial charge in [-0.2, -0.15) is 5.26 Å². The fourth-order valence-electron chi connectivity index (χ4n) is 1.10. The molecular formula is C7H11NO. The molecule has 1 heterocycles. The Kier molecular flexibility index (Phi) is 2.53. The van der Waals surface area contributed by atoms with Crippen molar-refractivity contribution in [3.63, 3.8) is 0 Å². The van der Waals surface area contributed by atoms with Crippen LogP contribution in [0.5, 0.6) is 0 Å². The fourth-order valence-corrected chi connectivity index (χ4v) is 1.10. The predicted molar refractivity (Wildman–Crippen MR) is 33.8 cm³/mol. The minimum atomic E-state index is 0.393. The lowest BCUT2D eigenvalue weighted by molar-refractivity contribution is 0.105. The van der Waals surface area contributed by atoms with Crippen LogP contribution < -0.4 is 0 Å². The lowest BCUT2D eigenvalue weighted by Crippen LogP contribution is -2.02. The first-order chi connectivity index (χ1) is 4.43. The van der Waals surface area contributed by atoms with E-state index in [1.165, 1.54) is 6.42 Å². The van der Waals surface area contributed by atoms with Gasteiger partial charge in [-0.3, -0.25) is 0 Å². The molecule has 0 radical (unpaired) electrons. The number of hydrogen-bond donors (Lipinski definition) is 0. The van der Waals surface area contributed by atoms with Gasteiger partial charge in [0.05, 0.1) is 12.2 Å². The summed E-state index contributed by atoms with van der Waals surface area (Å²) in [6.45, 7) is 0.899. The maximum atomic E-state index is 8.22. The maximum Gasteiger partial charge on any atom is 0.0622 e. The van der Waals surface area contributed by atoms with E-state index in [2.05, 4.69) is 6.07 Å². The average Bonchev–Trinajstić information content (AvgIpc) is 2.34. The number of rotatable bonds is 2. The molecule has 0 aromatic carbocycles. The van der Waals surface area contributed by atoms with Crippen molar-refractivity contribution in [2.24, 2.45) is 0 Å². The Morgan fingerprint density at radius 2 is 2.56 bits per heavy atom. The zero-order chi connectivity index (χ0) is 6.53. The quantitative estimate of drug-likeness (QED) is 0.559. The van der Waals surface area contributed by atoms with Gasteiger partial charge in [0.2, 0.25) is 0 Å². The van der Waals surface area contributed by atoms with E-state index < -0.39 is 0 Å². The van der Waals surface area contributed by atoms with Gasteiger partial charge in [-0.15, -0.1) is 0 Å². The molecule has 1 atom stereocenters. The maximum absolute atomic E-state index is 8.22. The van der Waals surface area contributed by atoms with Gasteiger partial charge in [0, 0.05) is 13.0 Å². The van der Waals surface area contributed by atoms with E-state index in [1.807, 2.05) is 0 Å². The molecule has 0 aromatic heterocycles. The molecule has 0 bridgehead atoms. The van der Waals surface area contributed by atoms with Crippen LogP contribution >= 0.6 is 0 Å². The van der Waals surface area contributed by atoms with Crippen LogP contribution in [0.1, 0.15) is 25.7 Å². The van der Waals surface area contributed by atoms with Crippen LogP contribution in [0, 0.1) is 11.3 Å². The highest BCUT2D eigenvalue weighted by molar-refractivity contribution is 4.74. The molecule has 2 nitrogen and oxygen atoms in total. The summed E-state index contributed by atoms with van der Waals surface area (Å²) in [7, 11) is 0. The average molecular weight is 125 g/mol. The number of nitriles is 1. The second kappa shape index (κ2) is 3.47. The largest absolute Gasteiger partial charge is 0.378 e. The highest BCUT2D eigenvalue weighted by atomic mass is 16.5. The van der Waals surface area contributed by atoms with Crippen molar-refractivity contribution >= 4 is 0 Å². The summed E-state index contributed by atoms with van der Waals surface area (Å²) in [5.41, 5.74) is 0. The summed E-state index contributed by atoms with van der Waals surface area (Å²) in [6.07, 6.45) is 4.29. The molecule has 1 aliphatic rings. The second-order valence-corrected chi connectivity index (χ2v) is 2.33. The second-order valence-electron chi connectivity index (χ2n) is 2.33. The van der Waals surface area contributed by atoms with Gasteiger partial charge < -0.3 is 4.74 Å².